The van der Waals surface area contributed by atoms with Crippen LogP contribution in [0.1, 0.15) is 23.0 Å². The number of nitrogens with zero attached hydrogens (tertiary/aromatic N) is 1. The first-order valence-electron chi connectivity index (χ1n) is 7.17. The molecule has 3 nitrogen and oxygen atoms in total. The van der Waals surface area contributed by atoms with Gasteiger partial charge in [0.15, 0.2) is 0 Å². The number of thiophene rings is 1. The third-order valence-corrected chi connectivity index (χ3v) is 5.50. The normalized spacial score (nSPS) is 13.9. The largest absolute Gasteiger partial charge is 0.351 e. The Labute approximate surface area is 133 Å². The lowest BCUT2D eigenvalue weighted by Crippen LogP contribution is -2.23. The van der Waals surface area contributed by atoms with E-state index in [0.717, 1.165) is 35.1 Å². The number of thioether (sulfide) groups is 1. The molecule has 0 saturated carbocycles. The van der Waals surface area contributed by atoms with Crippen molar-refractivity contribution in [3.8, 4) is 0 Å². The fraction of sp³-hybridized carbons (Fsp3) is 0.312. The fourth-order valence-electron chi connectivity index (χ4n) is 2.32. The highest BCUT2D eigenvalue weighted by molar-refractivity contribution is 7.99. The number of carbonyl (C=O) groups is 1. The maximum Gasteiger partial charge on any atom is 0.261 e. The molecule has 0 aliphatic carbocycles. The highest BCUT2D eigenvalue weighted by Gasteiger charge is 2.20. The molecule has 0 spiro atoms. The molecule has 0 radical (unpaired) electrons. The molecule has 0 bridgehead atoms. The molecule has 1 aromatic heterocycles. The molecule has 5 heteroatoms. The van der Waals surface area contributed by atoms with Gasteiger partial charge in [0.25, 0.3) is 5.91 Å². The van der Waals surface area contributed by atoms with E-state index in [4.69, 9.17) is 0 Å². The Bertz CT molecular complexity index is 639. The maximum atomic E-state index is 12.0. The zero-order valence-electron chi connectivity index (χ0n) is 12.0. The Morgan fingerprint density at radius 3 is 3.00 bits per heavy atom. The Hall–Kier alpha value is -1.46. The molecular formula is C16H18N2OS2. The van der Waals surface area contributed by atoms with Crippen LogP contribution in [0, 0.1) is 0 Å². The van der Waals surface area contributed by atoms with Gasteiger partial charge in [0.1, 0.15) is 0 Å². The van der Waals surface area contributed by atoms with E-state index in [1.165, 1.54) is 10.6 Å². The molecule has 1 aliphatic heterocycles. The van der Waals surface area contributed by atoms with Crippen molar-refractivity contribution in [2.75, 3.05) is 23.7 Å². The lowest BCUT2D eigenvalue weighted by atomic mass is 10.3. The summed E-state index contributed by atoms with van der Waals surface area (Å²) in [7, 11) is 0. The number of carbonyl (C=O) groups excluding carboxylic acids is 1. The summed E-state index contributed by atoms with van der Waals surface area (Å²) in [4.78, 5) is 16.4. The Balaban J connectivity index is 1.83. The van der Waals surface area contributed by atoms with Crippen molar-refractivity contribution in [3.63, 3.8) is 0 Å². The standard InChI is InChI=1S/C16H18N2OS2/c1-2-9-17-16(19)14-7-8-15(21-14)18-10-11-20-13-6-4-3-5-12(13)18/h3-8H,2,9-11H2,1H3,(H,17,19). The van der Waals surface area contributed by atoms with Crippen molar-refractivity contribution < 1.29 is 4.79 Å². The molecule has 3 rings (SSSR count). The molecule has 1 amide bonds. The second kappa shape index (κ2) is 6.54. The van der Waals surface area contributed by atoms with E-state index in [9.17, 15) is 4.79 Å². The molecule has 1 aromatic carbocycles. The average molecular weight is 318 g/mol. The Morgan fingerprint density at radius 2 is 2.14 bits per heavy atom. The number of benzene rings is 1. The summed E-state index contributed by atoms with van der Waals surface area (Å²) in [6.45, 7) is 3.77. The van der Waals surface area contributed by atoms with Gasteiger partial charge in [0.05, 0.1) is 15.6 Å². The van der Waals surface area contributed by atoms with Crippen molar-refractivity contribution in [2.45, 2.75) is 18.2 Å². The number of hydrogen-bond donors (Lipinski definition) is 1. The molecule has 0 saturated heterocycles. The highest BCUT2D eigenvalue weighted by Crippen LogP contribution is 2.40. The fourth-order valence-corrected chi connectivity index (χ4v) is 4.28. The van der Waals surface area contributed by atoms with Crippen molar-refractivity contribution in [1.29, 1.82) is 0 Å². The highest BCUT2D eigenvalue weighted by atomic mass is 32.2. The van der Waals surface area contributed by atoms with E-state index in [2.05, 4.69) is 47.5 Å². The summed E-state index contributed by atoms with van der Waals surface area (Å²) in [6, 6.07) is 12.4. The zero-order valence-corrected chi connectivity index (χ0v) is 13.6. The molecule has 1 N–H and O–H groups in total. The third-order valence-electron chi connectivity index (χ3n) is 3.35. The summed E-state index contributed by atoms with van der Waals surface area (Å²) in [6.07, 6.45) is 0.959. The van der Waals surface area contributed by atoms with Crippen LogP contribution in [-0.2, 0) is 0 Å². The van der Waals surface area contributed by atoms with Crippen molar-refractivity contribution in [1.82, 2.24) is 5.32 Å². The van der Waals surface area contributed by atoms with E-state index in [-0.39, 0.29) is 5.91 Å². The topological polar surface area (TPSA) is 32.3 Å². The van der Waals surface area contributed by atoms with Crippen LogP contribution in [0.2, 0.25) is 0 Å². The quantitative estimate of drug-likeness (QED) is 0.920. The van der Waals surface area contributed by atoms with E-state index in [0.29, 0.717) is 0 Å². The van der Waals surface area contributed by atoms with Gasteiger partial charge in [-0.05, 0) is 30.7 Å². The summed E-state index contributed by atoms with van der Waals surface area (Å²) >= 11 is 3.46. The minimum atomic E-state index is 0.0350. The van der Waals surface area contributed by atoms with Crippen LogP contribution in [-0.4, -0.2) is 24.7 Å². The van der Waals surface area contributed by atoms with Crippen molar-refractivity contribution >= 4 is 39.7 Å². The van der Waals surface area contributed by atoms with Gasteiger partial charge in [-0.1, -0.05) is 19.1 Å². The Morgan fingerprint density at radius 1 is 1.29 bits per heavy atom. The predicted octanol–water partition coefficient (Wildman–Crippen LogP) is 4.13. The lowest BCUT2D eigenvalue weighted by Gasteiger charge is -2.29. The summed E-state index contributed by atoms with van der Waals surface area (Å²) < 4.78 is 0. The second-order valence-corrected chi connectivity index (χ2v) is 7.06. The van der Waals surface area contributed by atoms with Gasteiger partial charge in [-0.15, -0.1) is 23.1 Å². The van der Waals surface area contributed by atoms with Crippen molar-refractivity contribution in [3.05, 3.63) is 41.3 Å². The molecule has 0 unspecified atom stereocenters. The van der Waals surface area contributed by atoms with E-state index in [1.807, 2.05) is 17.8 Å². The molecule has 2 aromatic rings. The first kappa shape index (κ1) is 14.5. The monoisotopic (exact) mass is 318 g/mol. The van der Waals surface area contributed by atoms with Crippen LogP contribution in [0.5, 0.6) is 0 Å². The maximum absolute atomic E-state index is 12.0. The van der Waals surface area contributed by atoms with Gasteiger partial charge in [-0.3, -0.25) is 4.79 Å². The minimum Gasteiger partial charge on any atom is -0.351 e. The summed E-state index contributed by atoms with van der Waals surface area (Å²) in [5.74, 6) is 1.11. The zero-order chi connectivity index (χ0) is 14.7. The van der Waals surface area contributed by atoms with Crippen LogP contribution < -0.4 is 10.2 Å². The van der Waals surface area contributed by atoms with Crippen LogP contribution in [0.4, 0.5) is 10.7 Å². The van der Waals surface area contributed by atoms with Gasteiger partial charge in [0, 0.05) is 23.7 Å². The first-order chi connectivity index (χ1) is 10.3. The van der Waals surface area contributed by atoms with Gasteiger partial charge in [0.2, 0.25) is 0 Å². The van der Waals surface area contributed by atoms with Crippen LogP contribution in [0.3, 0.4) is 0 Å². The molecule has 110 valence electrons. The van der Waals surface area contributed by atoms with Crippen LogP contribution in [0.15, 0.2) is 41.3 Å². The first-order valence-corrected chi connectivity index (χ1v) is 8.97. The average Bonchev–Trinajstić information content (AvgIpc) is 3.02. The van der Waals surface area contributed by atoms with Gasteiger partial charge in [-0.25, -0.2) is 0 Å². The number of anilines is 2. The molecule has 21 heavy (non-hydrogen) atoms. The second-order valence-electron chi connectivity index (χ2n) is 4.86. The summed E-state index contributed by atoms with van der Waals surface area (Å²) in [5.41, 5.74) is 1.25. The predicted molar refractivity (Wildman–Crippen MR) is 91.1 cm³/mol. The number of hydrogen-bond acceptors (Lipinski definition) is 4. The number of amides is 1. The SMILES string of the molecule is CCCNC(=O)c1ccc(N2CCSc3ccccc32)s1. The smallest absolute Gasteiger partial charge is 0.261 e. The minimum absolute atomic E-state index is 0.0350. The third kappa shape index (κ3) is 3.09. The van der Waals surface area contributed by atoms with Gasteiger partial charge >= 0.3 is 0 Å². The van der Waals surface area contributed by atoms with Gasteiger partial charge < -0.3 is 10.2 Å². The summed E-state index contributed by atoms with van der Waals surface area (Å²) in [5, 5.41) is 4.08. The van der Waals surface area contributed by atoms with Crippen LogP contribution in [0.25, 0.3) is 0 Å². The number of fused-ring (bicyclic) bond motifs is 1. The number of nitrogens with one attached hydrogen (secondary N) is 1. The van der Waals surface area contributed by atoms with E-state index in [1.54, 1.807) is 11.3 Å². The van der Waals surface area contributed by atoms with E-state index < -0.39 is 0 Å². The Kier molecular flexibility index (Phi) is 4.51. The lowest BCUT2D eigenvalue weighted by molar-refractivity contribution is 0.0957. The van der Waals surface area contributed by atoms with E-state index >= 15 is 0 Å². The van der Waals surface area contributed by atoms with Crippen LogP contribution >= 0.6 is 23.1 Å². The number of rotatable bonds is 4. The molecule has 0 atom stereocenters. The number of para-hydroxylation sites is 1. The molecule has 2 heterocycles. The molecular weight excluding hydrogens is 300 g/mol. The molecule has 0 fully saturated rings. The molecule has 1 aliphatic rings. The van der Waals surface area contributed by atoms with Crippen molar-refractivity contribution in [2.24, 2.45) is 0 Å². The van der Waals surface area contributed by atoms with Gasteiger partial charge in [-0.2, -0.15) is 0 Å².